The highest BCUT2D eigenvalue weighted by Gasteiger charge is 2.19. The maximum absolute atomic E-state index is 13.6. The van der Waals surface area contributed by atoms with E-state index in [-0.39, 0.29) is 23.0 Å². The van der Waals surface area contributed by atoms with E-state index in [0.29, 0.717) is 12.3 Å². The minimum absolute atomic E-state index is 0. The Morgan fingerprint density at radius 3 is 2.35 bits per heavy atom. The molecule has 1 aromatic rings. The SMILES string of the molecule is CC(C)CC[C@H](N)c1c(F)ccc(Cl)c1F.Cl. The van der Waals surface area contributed by atoms with Crippen LogP contribution in [-0.4, -0.2) is 0 Å². The highest BCUT2D eigenvalue weighted by atomic mass is 35.5. The minimum atomic E-state index is -0.738. The molecular weight excluding hydrogens is 267 g/mol. The van der Waals surface area contributed by atoms with Crippen LogP contribution in [0.4, 0.5) is 8.78 Å². The lowest BCUT2D eigenvalue weighted by Gasteiger charge is -2.15. The molecule has 5 heteroatoms. The molecule has 1 rings (SSSR count). The van der Waals surface area contributed by atoms with E-state index in [2.05, 4.69) is 0 Å². The van der Waals surface area contributed by atoms with E-state index < -0.39 is 17.7 Å². The quantitative estimate of drug-likeness (QED) is 0.811. The van der Waals surface area contributed by atoms with Gasteiger partial charge in [-0.1, -0.05) is 25.4 Å². The number of halogens is 4. The van der Waals surface area contributed by atoms with Crippen LogP contribution in [0, 0.1) is 17.6 Å². The number of hydrogen-bond donors (Lipinski definition) is 1. The van der Waals surface area contributed by atoms with Gasteiger partial charge in [0, 0.05) is 11.6 Å². The fourth-order valence-electron chi connectivity index (χ4n) is 1.54. The monoisotopic (exact) mass is 283 g/mol. The Morgan fingerprint density at radius 2 is 1.82 bits per heavy atom. The Balaban J connectivity index is 0.00000256. The summed E-state index contributed by atoms with van der Waals surface area (Å²) in [6, 6.07) is 1.71. The van der Waals surface area contributed by atoms with Crippen molar-refractivity contribution in [3.05, 3.63) is 34.4 Å². The molecule has 98 valence electrons. The molecule has 0 aliphatic heterocycles. The van der Waals surface area contributed by atoms with Crippen molar-refractivity contribution in [2.24, 2.45) is 11.7 Å². The second-order valence-corrected chi connectivity index (χ2v) is 4.74. The van der Waals surface area contributed by atoms with Gasteiger partial charge in [-0.15, -0.1) is 12.4 Å². The zero-order valence-electron chi connectivity index (χ0n) is 9.84. The van der Waals surface area contributed by atoms with Crippen LogP contribution in [-0.2, 0) is 0 Å². The molecule has 17 heavy (non-hydrogen) atoms. The summed E-state index contributed by atoms with van der Waals surface area (Å²) in [6.45, 7) is 4.08. The summed E-state index contributed by atoms with van der Waals surface area (Å²) in [5, 5.41) is -0.0867. The zero-order chi connectivity index (χ0) is 12.3. The van der Waals surface area contributed by atoms with Crippen molar-refractivity contribution in [1.82, 2.24) is 0 Å². The van der Waals surface area contributed by atoms with E-state index in [0.717, 1.165) is 12.5 Å². The third kappa shape index (κ3) is 4.41. The Labute approximate surface area is 112 Å². The fourth-order valence-corrected chi connectivity index (χ4v) is 1.70. The van der Waals surface area contributed by atoms with Crippen molar-refractivity contribution in [3.8, 4) is 0 Å². The van der Waals surface area contributed by atoms with E-state index >= 15 is 0 Å². The van der Waals surface area contributed by atoms with Crippen LogP contribution in [0.25, 0.3) is 0 Å². The summed E-state index contributed by atoms with van der Waals surface area (Å²) in [7, 11) is 0. The Morgan fingerprint density at radius 1 is 1.24 bits per heavy atom. The maximum atomic E-state index is 13.6. The number of rotatable bonds is 4. The molecule has 0 heterocycles. The minimum Gasteiger partial charge on any atom is -0.324 e. The van der Waals surface area contributed by atoms with Crippen molar-refractivity contribution in [1.29, 1.82) is 0 Å². The Kier molecular flexibility index (Phi) is 6.98. The topological polar surface area (TPSA) is 26.0 Å². The molecule has 0 bridgehead atoms. The maximum Gasteiger partial charge on any atom is 0.149 e. The third-order valence-electron chi connectivity index (χ3n) is 2.51. The van der Waals surface area contributed by atoms with Gasteiger partial charge in [0.05, 0.1) is 5.02 Å². The highest BCUT2D eigenvalue weighted by Crippen LogP contribution is 2.28. The van der Waals surface area contributed by atoms with Crippen molar-refractivity contribution < 1.29 is 8.78 Å². The van der Waals surface area contributed by atoms with Crippen molar-refractivity contribution >= 4 is 24.0 Å². The van der Waals surface area contributed by atoms with E-state index in [9.17, 15) is 8.78 Å². The predicted octanol–water partition coefficient (Wildman–Crippen LogP) is 4.48. The van der Waals surface area contributed by atoms with Gasteiger partial charge in [0.2, 0.25) is 0 Å². The third-order valence-corrected chi connectivity index (χ3v) is 2.80. The van der Waals surface area contributed by atoms with E-state index in [1.165, 1.54) is 6.07 Å². The largest absolute Gasteiger partial charge is 0.324 e. The normalized spacial score (nSPS) is 12.4. The van der Waals surface area contributed by atoms with Crippen LogP contribution in [0.1, 0.15) is 38.3 Å². The summed E-state index contributed by atoms with van der Waals surface area (Å²) in [5.41, 5.74) is 5.67. The van der Waals surface area contributed by atoms with E-state index in [4.69, 9.17) is 17.3 Å². The van der Waals surface area contributed by atoms with Gasteiger partial charge in [0.15, 0.2) is 0 Å². The van der Waals surface area contributed by atoms with Crippen molar-refractivity contribution in [2.75, 3.05) is 0 Å². The predicted molar refractivity (Wildman–Crippen MR) is 69.6 cm³/mol. The molecular formula is C12H17Cl2F2N. The van der Waals surface area contributed by atoms with Gasteiger partial charge in [-0.2, -0.15) is 0 Å². The van der Waals surface area contributed by atoms with Crippen LogP contribution < -0.4 is 5.73 Å². The second-order valence-electron chi connectivity index (χ2n) is 4.33. The molecule has 0 aliphatic carbocycles. The van der Waals surface area contributed by atoms with E-state index in [1.807, 2.05) is 13.8 Å². The summed E-state index contributed by atoms with van der Waals surface area (Å²) in [6.07, 6.45) is 1.37. The zero-order valence-corrected chi connectivity index (χ0v) is 11.4. The van der Waals surface area contributed by atoms with Gasteiger partial charge < -0.3 is 5.73 Å². The van der Waals surface area contributed by atoms with Gasteiger partial charge in [-0.3, -0.25) is 0 Å². The molecule has 0 fully saturated rings. The van der Waals surface area contributed by atoms with Gasteiger partial charge in [-0.05, 0) is 30.9 Å². The average Bonchev–Trinajstić information content (AvgIpc) is 2.21. The number of nitrogens with two attached hydrogens (primary N) is 1. The van der Waals surface area contributed by atoms with Crippen LogP contribution in [0.5, 0.6) is 0 Å². The summed E-state index contributed by atoms with van der Waals surface area (Å²) in [5.74, 6) is -0.910. The van der Waals surface area contributed by atoms with Gasteiger partial charge in [0.1, 0.15) is 11.6 Å². The Bertz CT molecular complexity index is 370. The van der Waals surface area contributed by atoms with Crippen LogP contribution in [0.2, 0.25) is 5.02 Å². The molecule has 1 aromatic carbocycles. The number of benzene rings is 1. The molecule has 0 spiro atoms. The summed E-state index contributed by atoms with van der Waals surface area (Å²) < 4.78 is 27.0. The molecule has 0 aromatic heterocycles. The lowest BCUT2D eigenvalue weighted by Crippen LogP contribution is -2.15. The fraction of sp³-hybridized carbons (Fsp3) is 0.500. The first kappa shape index (κ1) is 16.6. The molecule has 1 nitrogen and oxygen atoms in total. The molecule has 0 radical (unpaired) electrons. The molecule has 0 unspecified atom stereocenters. The molecule has 0 saturated carbocycles. The van der Waals surface area contributed by atoms with Crippen molar-refractivity contribution in [3.63, 3.8) is 0 Å². The first-order chi connectivity index (χ1) is 7.43. The van der Waals surface area contributed by atoms with Gasteiger partial charge in [-0.25, -0.2) is 8.78 Å². The first-order valence-corrected chi connectivity index (χ1v) is 5.70. The smallest absolute Gasteiger partial charge is 0.149 e. The van der Waals surface area contributed by atoms with Crippen LogP contribution in [0.3, 0.4) is 0 Å². The lowest BCUT2D eigenvalue weighted by molar-refractivity contribution is 0.469. The van der Waals surface area contributed by atoms with Crippen LogP contribution in [0.15, 0.2) is 12.1 Å². The molecule has 0 amide bonds. The van der Waals surface area contributed by atoms with E-state index in [1.54, 1.807) is 0 Å². The molecule has 0 aliphatic rings. The van der Waals surface area contributed by atoms with Crippen LogP contribution >= 0.6 is 24.0 Å². The van der Waals surface area contributed by atoms with Crippen molar-refractivity contribution in [2.45, 2.75) is 32.7 Å². The standard InChI is InChI=1S/C12H16ClF2N.ClH/c1-7(2)3-6-10(16)11-9(14)5-4-8(13)12(11)15;/h4-5,7,10H,3,6,16H2,1-2H3;1H/t10-;/m0./s1. The van der Waals surface area contributed by atoms with Gasteiger partial charge >= 0.3 is 0 Å². The number of hydrogen-bond acceptors (Lipinski definition) is 1. The lowest BCUT2D eigenvalue weighted by atomic mass is 9.97. The molecule has 0 saturated heterocycles. The first-order valence-electron chi connectivity index (χ1n) is 5.32. The molecule has 1 atom stereocenters. The second kappa shape index (κ2) is 7.14. The highest BCUT2D eigenvalue weighted by molar-refractivity contribution is 6.30. The summed E-state index contributed by atoms with van der Waals surface area (Å²) in [4.78, 5) is 0. The Hall–Kier alpha value is -0.380. The molecule has 2 N–H and O–H groups in total. The summed E-state index contributed by atoms with van der Waals surface area (Å²) >= 11 is 5.60. The van der Waals surface area contributed by atoms with Gasteiger partial charge in [0.25, 0.3) is 0 Å². The average molecular weight is 284 g/mol.